The molecule has 1 atom stereocenters. The maximum Gasteiger partial charge on any atom is 0.310 e. The molecule has 0 amide bonds. The standard InChI is InChI=1S/C11H18O4/c12-10(13)11(3-6-14-7-4-11)9-2-1-5-15-8-9/h9H,1-8H2,(H,12,13). The summed E-state index contributed by atoms with van der Waals surface area (Å²) in [5.41, 5.74) is -0.585. The molecule has 2 rings (SSSR count). The van der Waals surface area contributed by atoms with Crippen molar-refractivity contribution in [2.24, 2.45) is 11.3 Å². The van der Waals surface area contributed by atoms with Gasteiger partial charge < -0.3 is 14.6 Å². The fraction of sp³-hybridized carbons (Fsp3) is 0.909. The maximum absolute atomic E-state index is 11.5. The van der Waals surface area contributed by atoms with E-state index in [1.165, 1.54) is 0 Å². The van der Waals surface area contributed by atoms with Gasteiger partial charge in [0.05, 0.1) is 12.0 Å². The SMILES string of the molecule is O=C(O)C1(C2CCCOC2)CCOCC1. The molecule has 4 heteroatoms. The van der Waals surface area contributed by atoms with Crippen LogP contribution in [0.1, 0.15) is 25.7 Å². The largest absolute Gasteiger partial charge is 0.481 e. The second kappa shape index (κ2) is 4.49. The third-order valence-electron chi connectivity index (χ3n) is 3.75. The lowest BCUT2D eigenvalue weighted by Crippen LogP contribution is -2.46. The minimum Gasteiger partial charge on any atom is -0.481 e. The van der Waals surface area contributed by atoms with Gasteiger partial charge in [-0.15, -0.1) is 0 Å². The molecule has 1 unspecified atom stereocenters. The summed E-state index contributed by atoms with van der Waals surface area (Å²) >= 11 is 0. The molecule has 15 heavy (non-hydrogen) atoms. The van der Waals surface area contributed by atoms with E-state index in [0.717, 1.165) is 19.4 Å². The second-order valence-corrected chi connectivity index (χ2v) is 4.49. The van der Waals surface area contributed by atoms with E-state index in [-0.39, 0.29) is 5.92 Å². The molecule has 2 aliphatic heterocycles. The Morgan fingerprint density at radius 2 is 1.93 bits per heavy atom. The van der Waals surface area contributed by atoms with Crippen molar-refractivity contribution in [3.8, 4) is 0 Å². The Hall–Kier alpha value is -0.610. The average Bonchev–Trinajstić information content (AvgIpc) is 2.31. The van der Waals surface area contributed by atoms with Gasteiger partial charge in [0.2, 0.25) is 0 Å². The first-order valence-electron chi connectivity index (χ1n) is 5.64. The van der Waals surface area contributed by atoms with Crippen LogP contribution in [-0.2, 0) is 14.3 Å². The summed E-state index contributed by atoms with van der Waals surface area (Å²) in [5, 5.41) is 9.43. The number of rotatable bonds is 2. The van der Waals surface area contributed by atoms with Crippen LogP contribution in [0, 0.1) is 11.3 Å². The van der Waals surface area contributed by atoms with Gasteiger partial charge in [-0.25, -0.2) is 0 Å². The predicted octanol–water partition coefficient (Wildman–Crippen LogP) is 1.29. The number of aliphatic carboxylic acids is 1. The Morgan fingerprint density at radius 1 is 1.20 bits per heavy atom. The predicted molar refractivity (Wildman–Crippen MR) is 53.7 cm³/mol. The fourth-order valence-corrected chi connectivity index (χ4v) is 2.71. The molecule has 0 aromatic rings. The van der Waals surface area contributed by atoms with Gasteiger partial charge in [-0.1, -0.05) is 0 Å². The lowest BCUT2D eigenvalue weighted by atomic mass is 9.68. The Kier molecular flexibility index (Phi) is 3.26. The summed E-state index contributed by atoms with van der Waals surface area (Å²) in [5.74, 6) is -0.492. The van der Waals surface area contributed by atoms with E-state index in [1.807, 2.05) is 0 Å². The average molecular weight is 214 g/mol. The second-order valence-electron chi connectivity index (χ2n) is 4.49. The van der Waals surface area contributed by atoms with Crippen molar-refractivity contribution in [2.75, 3.05) is 26.4 Å². The lowest BCUT2D eigenvalue weighted by molar-refractivity contribution is -0.165. The molecule has 0 aliphatic carbocycles. The van der Waals surface area contributed by atoms with E-state index in [4.69, 9.17) is 9.47 Å². The summed E-state index contributed by atoms with van der Waals surface area (Å²) < 4.78 is 10.7. The molecule has 0 radical (unpaired) electrons. The van der Waals surface area contributed by atoms with Crippen LogP contribution in [0.4, 0.5) is 0 Å². The summed E-state index contributed by atoms with van der Waals surface area (Å²) in [4.78, 5) is 11.5. The molecule has 2 aliphatic rings. The van der Waals surface area contributed by atoms with Gasteiger partial charge in [0.25, 0.3) is 0 Å². The summed E-state index contributed by atoms with van der Waals surface area (Å²) in [6, 6.07) is 0. The van der Waals surface area contributed by atoms with Crippen molar-refractivity contribution in [2.45, 2.75) is 25.7 Å². The molecule has 0 bridgehead atoms. The number of hydrogen-bond donors (Lipinski definition) is 1. The van der Waals surface area contributed by atoms with Gasteiger partial charge in [-0.3, -0.25) is 4.79 Å². The number of hydrogen-bond acceptors (Lipinski definition) is 3. The van der Waals surface area contributed by atoms with Crippen LogP contribution in [0.5, 0.6) is 0 Å². The number of carboxylic acid groups (broad SMARTS) is 1. The highest BCUT2D eigenvalue weighted by Gasteiger charge is 2.47. The number of carbonyl (C=O) groups is 1. The lowest BCUT2D eigenvalue weighted by Gasteiger charge is -2.41. The van der Waals surface area contributed by atoms with Gasteiger partial charge in [-0.05, 0) is 31.6 Å². The van der Waals surface area contributed by atoms with Crippen LogP contribution >= 0.6 is 0 Å². The molecular formula is C11H18O4. The van der Waals surface area contributed by atoms with E-state index in [0.29, 0.717) is 32.7 Å². The molecule has 1 N–H and O–H groups in total. The topological polar surface area (TPSA) is 55.8 Å². The van der Waals surface area contributed by atoms with Crippen LogP contribution in [0.2, 0.25) is 0 Å². The Labute approximate surface area is 89.6 Å². The van der Waals surface area contributed by atoms with Crippen LogP contribution in [0.25, 0.3) is 0 Å². The molecule has 0 aromatic carbocycles. The molecule has 2 heterocycles. The third kappa shape index (κ3) is 2.01. The quantitative estimate of drug-likeness (QED) is 0.752. The van der Waals surface area contributed by atoms with Gasteiger partial charge in [0.15, 0.2) is 0 Å². The van der Waals surface area contributed by atoms with E-state index in [1.54, 1.807) is 0 Å². The van der Waals surface area contributed by atoms with E-state index in [2.05, 4.69) is 0 Å². The maximum atomic E-state index is 11.5. The summed E-state index contributed by atoms with van der Waals surface area (Å²) in [7, 11) is 0. The molecule has 0 spiro atoms. The summed E-state index contributed by atoms with van der Waals surface area (Å²) in [6.07, 6.45) is 3.24. The molecule has 2 saturated heterocycles. The third-order valence-corrected chi connectivity index (χ3v) is 3.75. The van der Waals surface area contributed by atoms with Crippen LogP contribution in [-0.4, -0.2) is 37.5 Å². The minimum absolute atomic E-state index is 0.174. The highest BCUT2D eigenvalue weighted by molar-refractivity contribution is 5.75. The minimum atomic E-state index is -0.665. The molecule has 86 valence electrons. The van der Waals surface area contributed by atoms with Crippen LogP contribution in [0.15, 0.2) is 0 Å². The zero-order chi connectivity index (χ0) is 10.7. The Bertz CT molecular complexity index is 227. The normalized spacial score (nSPS) is 31.1. The zero-order valence-corrected chi connectivity index (χ0v) is 8.91. The van der Waals surface area contributed by atoms with E-state index >= 15 is 0 Å². The number of ether oxygens (including phenoxy) is 2. The molecular weight excluding hydrogens is 196 g/mol. The van der Waals surface area contributed by atoms with E-state index in [9.17, 15) is 9.90 Å². The van der Waals surface area contributed by atoms with Gasteiger partial charge in [-0.2, -0.15) is 0 Å². The van der Waals surface area contributed by atoms with Crippen molar-refractivity contribution >= 4 is 5.97 Å². The monoisotopic (exact) mass is 214 g/mol. The van der Waals surface area contributed by atoms with Crippen LogP contribution < -0.4 is 0 Å². The van der Waals surface area contributed by atoms with Crippen molar-refractivity contribution in [1.82, 2.24) is 0 Å². The highest BCUT2D eigenvalue weighted by Crippen LogP contribution is 2.42. The van der Waals surface area contributed by atoms with Crippen molar-refractivity contribution in [3.63, 3.8) is 0 Å². The van der Waals surface area contributed by atoms with Crippen molar-refractivity contribution in [3.05, 3.63) is 0 Å². The molecule has 4 nitrogen and oxygen atoms in total. The van der Waals surface area contributed by atoms with Crippen molar-refractivity contribution < 1.29 is 19.4 Å². The molecule has 0 aromatic heterocycles. The van der Waals surface area contributed by atoms with Gasteiger partial charge in [0, 0.05) is 19.8 Å². The molecule has 0 saturated carbocycles. The summed E-state index contributed by atoms with van der Waals surface area (Å²) in [6.45, 7) is 2.53. The smallest absolute Gasteiger partial charge is 0.310 e. The first-order chi connectivity index (χ1) is 7.26. The number of carboxylic acids is 1. The Balaban J connectivity index is 2.12. The highest BCUT2D eigenvalue weighted by atomic mass is 16.5. The van der Waals surface area contributed by atoms with Gasteiger partial charge >= 0.3 is 5.97 Å². The van der Waals surface area contributed by atoms with Crippen LogP contribution in [0.3, 0.4) is 0 Å². The van der Waals surface area contributed by atoms with Crippen molar-refractivity contribution in [1.29, 1.82) is 0 Å². The molecule has 2 fully saturated rings. The Morgan fingerprint density at radius 3 is 2.47 bits per heavy atom. The van der Waals surface area contributed by atoms with E-state index < -0.39 is 11.4 Å². The first kappa shape index (κ1) is 10.9. The van der Waals surface area contributed by atoms with Gasteiger partial charge in [0.1, 0.15) is 0 Å². The fourth-order valence-electron chi connectivity index (χ4n) is 2.71. The first-order valence-corrected chi connectivity index (χ1v) is 5.64. The zero-order valence-electron chi connectivity index (χ0n) is 8.91.